The van der Waals surface area contributed by atoms with Crippen LogP contribution in [0, 0.1) is 11.3 Å². The third-order valence-corrected chi connectivity index (χ3v) is 6.75. The largest absolute Gasteiger partial charge is 0.399 e. The smallest absolute Gasteiger partial charge is 0.125 e. The molecule has 0 amide bonds. The lowest BCUT2D eigenvalue weighted by Crippen LogP contribution is -2.40. The van der Waals surface area contributed by atoms with Crippen molar-refractivity contribution in [3.8, 4) is 10.4 Å². The van der Waals surface area contributed by atoms with Crippen LogP contribution in [0.1, 0.15) is 50.6 Å². The van der Waals surface area contributed by atoms with Gasteiger partial charge in [0.15, 0.2) is 0 Å². The van der Waals surface area contributed by atoms with Crippen molar-refractivity contribution in [1.82, 2.24) is 4.98 Å². The lowest BCUT2D eigenvalue weighted by Gasteiger charge is -2.44. The summed E-state index contributed by atoms with van der Waals surface area (Å²) in [5, 5.41) is 12.0. The highest BCUT2D eigenvalue weighted by Crippen LogP contribution is 2.50. The van der Waals surface area contributed by atoms with Crippen LogP contribution in [0.4, 0.5) is 5.69 Å². The molecule has 5 heteroatoms. The predicted molar refractivity (Wildman–Crippen MR) is 101 cm³/mol. The van der Waals surface area contributed by atoms with Gasteiger partial charge in [0, 0.05) is 18.4 Å². The van der Waals surface area contributed by atoms with Gasteiger partial charge in [0.2, 0.25) is 0 Å². The number of hydrogen-bond donors (Lipinski definition) is 3. The SMILES string of the molecule is CC1CCC(O)(c2ncc(-c3cc(N)cc(CN)c3)s2)CC1(C)C. The molecule has 0 bridgehead atoms. The summed E-state index contributed by atoms with van der Waals surface area (Å²) in [5.41, 5.74) is 13.7. The molecule has 5 N–H and O–H groups in total. The highest BCUT2D eigenvalue weighted by molar-refractivity contribution is 7.15. The molecule has 0 aliphatic heterocycles. The second-order valence-corrected chi connectivity index (χ2v) is 8.86. The van der Waals surface area contributed by atoms with Gasteiger partial charge in [0.1, 0.15) is 10.6 Å². The number of aromatic nitrogens is 1. The van der Waals surface area contributed by atoms with Crippen LogP contribution >= 0.6 is 11.3 Å². The van der Waals surface area contributed by atoms with Gasteiger partial charge in [-0.15, -0.1) is 11.3 Å². The van der Waals surface area contributed by atoms with Crippen LogP contribution in [-0.4, -0.2) is 10.1 Å². The number of nitrogen functional groups attached to an aromatic ring is 1. The van der Waals surface area contributed by atoms with Crippen molar-refractivity contribution < 1.29 is 5.11 Å². The predicted octanol–water partition coefficient (Wildman–Crippen LogP) is 3.88. The normalized spacial score (nSPS) is 26.5. The Kier molecular flexibility index (Phi) is 4.45. The van der Waals surface area contributed by atoms with Gasteiger partial charge in [-0.2, -0.15) is 0 Å². The Morgan fingerprint density at radius 2 is 2.08 bits per heavy atom. The fourth-order valence-corrected chi connectivity index (χ4v) is 4.67. The van der Waals surface area contributed by atoms with E-state index in [-0.39, 0.29) is 5.41 Å². The maximum Gasteiger partial charge on any atom is 0.125 e. The third-order valence-electron chi connectivity index (χ3n) is 5.51. The Bertz CT molecular complexity index is 740. The molecule has 1 aliphatic carbocycles. The van der Waals surface area contributed by atoms with Gasteiger partial charge in [-0.1, -0.05) is 20.8 Å². The monoisotopic (exact) mass is 345 g/mol. The molecule has 1 heterocycles. The van der Waals surface area contributed by atoms with Crippen molar-refractivity contribution in [1.29, 1.82) is 0 Å². The summed E-state index contributed by atoms with van der Waals surface area (Å²) in [6.45, 7) is 7.21. The van der Waals surface area contributed by atoms with Gasteiger partial charge in [-0.05, 0) is 59.9 Å². The first kappa shape index (κ1) is 17.4. The fraction of sp³-hybridized carbons (Fsp3) is 0.526. The average molecular weight is 346 g/mol. The van der Waals surface area contributed by atoms with Crippen molar-refractivity contribution in [2.45, 2.75) is 52.2 Å². The Morgan fingerprint density at radius 3 is 2.75 bits per heavy atom. The van der Waals surface area contributed by atoms with Gasteiger partial charge >= 0.3 is 0 Å². The van der Waals surface area contributed by atoms with Gasteiger partial charge < -0.3 is 16.6 Å². The first-order valence-electron chi connectivity index (χ1n) is 8.52. The number of thiazole rings is 1. The maximum atomic E-state index is 11.2. The van der Waals surface area contributed by atoms with Crippen molar-refractivity contribution in [2.75, 3.05) is 5.73 Å². The minimum absolute atomic E-state index is 0.114. The maximum absolute atomic E-state index is 11.2. The molecule has 1 aliphatic rings. The molecule has 1 aromatic carbocycles. The molecule has 1 fully saturated rings. The standard InChI is InChI=1S/C19H27N3OS/c1-12-4-5-19(23,11-18(12,2)3)17-22-10-16(24-17)14-6-13(9-20)7-15(21)8-14/h6-8,10,12,23H,4-5,9,11,20-21H2,1-3H3. The molecule has 0 saturated heterocycles. The zero-order valence-electron chi connectivity index (χ0n) is 14.7. The van der Waals surface area contributed by atoms with E-state index in [1.54, 1.807) is 11.3 Å². The number of nitrogens with two attached hydrogens (primary N) is 2. The Morgan fingerprint density at radius 1 is 1.33 bits per heavy atom. The Hall–Kier alpha value is -1.43. The minimum Gasteiger partial charge on any atom is -0.399 e. The molecule has 4 nitrogen and oxygen atoms in total. The quantitative estimate of drug-likeness (QED) is 0.737. The van der Waals surface area contributed by atoms with Crippen LogP contribution in [0.15, 0.2) is 24.4 Å². The molecule has 2 atom stereocenters. The topological polar surface area (TPSA) is 85.2 Å². The van der Waals surface area contributed by atoms with Crippen LogP contribution in [0.5, 0.6) is 0 Å². The van der Waals surface area contributed by atoms with E-state index in [0.29, 0.717) is 18.2 Å². The summed E-state index contributed by atoms with van der Waals surface area (Å²) in [4.78, 5) is 5.59. The fourth-order valence-electron chi connectivity index (χ4n) is 3.65. The summed E-state index contributed by atoms with van der Waals surface area (Å²) < 4.78 is 0. The molecule has 130 valence electrons. The van der Waals surface area contributed by atoms with Crippen molar-refractivity contribution in [3.63, 3.8) is 0 Å². The molecular formula is C19H27N3OS. The van der Waals surface area contributed by atoms with Gasteiger partial charge in [-0.3, -0.25) is 0 Å². The summed E-state index contributed by atoms with van der Waals surface area (Å²) in [6, 6.07) is 5.88. The van der Waals surface area contributed by atoms with Gasteiger partial charge in [0.05, 0.1) is 4.88 Å². The minimum atomic E-state index is -0.823. The summed E-state index contributed by atoms with van der Waals surface area (Å²) in [7, 11) is 0. The van der Waals surface area contributed by atoms with E-state index in [9.17, 15) is 5.11 Å². The van der Waals surface area contributed by atoms with E-state index >= 15 is 0 Å². The number of nitrogens with zero attached hydrogens (tertiary/aromatic N) is 1. The van der Waals surface area contributed by atoms with Gasteiger partial charge in [-0.25, -0.2) is 4.98 Å². The molecule has 2 unspecified atom stereocenters. The summed E-state index contributed by atoms with van der Waals surface area (Å²) in [5.74, 6) is 0.609. The van der Waals surface area contributed by atoms with Crippen molar-refractivity contribution >= 4 is 17.0 Å². The second-order valence-electron chi connectivity index (χ2n) is 7.83. The highest BCUT2D eigenvalue weighted by Gasteiger charge is 2.45. The lowest BCUT2D eigenvalue weighted by atomic mass is 9.64. The van der Waals surface area contributed by atoms with Crippen LogP contribution in [0.2, 0.25) is 0 Å². The lowest BCUT2D eigenvalue weighted by molar-refractivity contribution is -0.0662. The zero-order chi connectivity index (χ0) is 17.5. The number of anilines is 1. The summed E-state index contributed by atoms with van der Waals surface area (Å²) >= 11 is 1.56. The first-order valence-corrected chi connectivity index (χ1v) is 9.34. The van der Waals surface area contributed by atoms with E-state index < -0.39 is 5.60 Å². The van der Waals surface area contributed by atoms with E-state index in [2.05, 4.69) is 25.8 Å². The van der Waals surface area contributed by atoms with Gasteiger partial charge in [0.25, 0.3) is 0 Å². The first-order chi connectivity index (χ1) is 11.2. The number of rotatable bonds is 3. The molecule has 24 heavy (non-hydrogen) atoms. The second kappa shape index (κ2) is 6.14. The third kappa shape index (κ3) is 3.21. The molecule has 0 spiro atoms. The van der Waals surface area contributed by atoms with Crippen LogP contribution < -0.4 is 11.5 Å². The van der Waals surface area contributed by atoms with E-state index in [4.69, 9.17) is 11.5 Å². The van der Waals surface area contributed by atoms with Crippen LogP contribution in [0.3, 0.4) is 0 Å². The molecule has 2 aromatic rings. The van der Waals surface area contributed by atoms with E-state index in [1.165, 1.54) is 0 Å². The van der Waals surface area contributed by atoms with Crippen molar-refractivity contribution in [2.24, 2.45) is 17.1 Å². The van der Waals surface area contributed by atoms with Crippen molar-refractivity contribution in [3.05, 3.63) is 35.0 Å². The summed E-state index contributed by atoms with van der Waals surface area (Å²) in [6.07, 6.45) is 4.39. The van der Waals surface area contributed by atoms with Crippen LogP contribution in [-0.2, 0) is 12.1 Å². The molecule has 1 saturated carbocycles. The molecule has 3 rings (SSSR count). The molecule has 0 radical (unpaired) electrons. The highest BCUT2D eigenvalue weighted by atomic mass is 32.1. The number of aliphatic hydroxyl groups is 1. The van der Waals surface area contributed by atoms with E-state index in [1.807, 2.05) is 24.4 Å². The number of benzene rings is 1. The molecular weight excluding hydrogens is 318 g/mol. The Labute approximate surface area is 147 Å². The zero-order valence-corrected chi connectivity index (χ0v) is 15.5. The number of hydrogen-bond acceptors (Lipinski definition) is 5. The average Bonchev–Trinajstić information content (AvgIpc) is 3.01. The molecule has 1 aromatic heterocycles. The Balaban J connectivity index is 1.92. The van der Waals surface area contributed by atoms with E-state index in [0.717, 1.165) is 40.3 Å². The van der Waals surface area contributed by atoms with Crippen LogP contribution in [0.25, 0.3) is 10.4 Å².